The zero-order valence-electron chi connectivity index (χ0n) is 9.65. The first-order valence-electron chi connectivity index (χ1n) is 5.57. The Balaban J connectivity index is 2.06. The predicted octanol–water partition coefficient (Wildman–Crippen LogP) is 4.28. The Morgan fingerprint density at radius 3 is 2.47 bits per heavy atom. The van der Waals surface area contributed by atoms with Crippen LogP contribution in [0.25, 0.3) is 5.65 Å². The molecule has 3 rings (SSSR count). The lowest BCUT2D eigenvalue weighted by Gasteiger charge is -2.08. The van der Waals surface area contributed by atoms with Gasteiger partial charge < -0.3 is 0 Å². The topological polar surface area (TPSA) is 30.2 Å². The van der Waals surface area contributed by atoms with Gasteiger partial charge in [-0.05, 0) is 17.7 Å². The first-order valence-corrected chi connectivity index (χ1v) is 6.70. The second kappa shape index (κ2) is 5.00. The van der Waals surface area contributed by atoms with Crippen molar-refractivity contribution in [1.29, 1.82) is 0 Å². The first-order chi connectivity index (χ1) is 9.15. The largest absolute Gasteiger partial charge is 0.216 e. The molecule has 6 heteroatoms. The van der Waals surface area contributed by atoms with E-state index >= 15 is 0 Å². The molecule has 96 valence electrons. The maximum absolute atomic E-state index is 6.32. The molecule has 0 aliphatic heterocycles. The molecule has 0 amide bonds. The summed E-state index contributed by atoms with van der Waals surface area (Å²) in [4.78, 5) is 4.27. The zero-order valence-corrected chi connectivity index (χ0v) is 11.9. The van der Waals surface area contributed by atoms with Crippen molar-refractivity contribution in [2.24, 2.45) is 0 Å². The molecule has 0 saturated heterocycles. The summed E-state index contributed by atoms with van der Waals surface area (Å²) < 4.78 is 1.57. The Morgan fingerprint density at radius 1 is 1.00 bits per heavy atom. The number of nitrogens with zero attached hydrogens (tertiary/aromatic N) is 3. The quantitative estimate of drug-likeness (QED) is 0.661. The van der Waals surface area contributed by atoms with E-state index in [2.05, 4.69) is 10.1 Å². The van der Waals surface area contributed by atoms with Gasteiger partial charge in [-0.1, -0.05) is 46.9 Å². The van der Waals surface area contributed by atoms with Crippen molar-refractivity contribution in [2.45, 2.75) is 6.42 Å². The van der Waals surface area contributed by atoms with Crippen LogP contribution in [0.15, 0.2) is 36.5 Å². The minimum absolute atomic E-state index is 0.396. The van der Waals surface area contributed by atoms with Crippen LogP contribution in [0.3, 0.4) is 0 Å². The van der Waals surface area contributed by atoms with Gasteiger partial charge in [0.25, 0.3) is 0 Å². The van der Waals surface area contributed by atoms with Crippen molar-refractivity contribution in [3.63, 3.8) is 0 Å². The average molecular weight is 313 g/mol. The predicted molar refractivity (Wildman–Crippen MR) is 77.3 cm³/mol. The third kappa shape index (κ3) is 2.41. The Hall–Kier alpha value is -1.29. The summed E-state index contributed by atoms with van der Waals surface area (Å²) in [7, 11) is 0. The fraction of sp³-hybridized carbons (Fsp3) is 0.0769. The van der Waals surface area contributed by atoms with Crippen LogP contribution in [0.5, 0.6) is 0 Å². The van der Waals surface area contributed by atoms with Crippen LogP contribution in [-0.2, 0) is 6.42 Å². The van der Waals surface area contributed by atoms with Crippen molar-refractivity contribution in [3.8, 4) is 0 Å². The van der Waals surface area contributed by atoms with E-state index in [1.807, 2.05) is 24.3 Å². The highest BCUT2D eigenvalue weighted by atomic mass is 35.5. The maximum Gasteiger partial charge on any atom is 0.158 e. The Morgan fingerprint density at radius 2 is 1.74 bits per heavy atom. The van der Waals surface area contributed by atoms with Crippen LogP contribution in [-0.4, -0.2) is 14.6 Å². The number of fused-ring (bicyclic) bond motifs is 1. The van der Waals surface area contributed by atoms with Crippen molar-refractivity contribution in [2.75, 3.05) is 0 Å². The Bertz CT molecular complexity index is 735. The molecule has 0 radical (unpaired) electrons. The van der Waals surface area contributed by atoms with Gasteiger partial charge in [0, 0.05) is 23.1 Å². The highest BCUT2D eigenvalue weighted by Gasteiger charge is 2.13. The highest BCUT2D eigenvalue weighted by Crippen LogP contribution is 2.26. The van der Waals surface area contributed by atoms with E-state index in [1.54, 1.807) is 16.8 Å². The molecule has 0 atom stereocenters. The van der Waals surface area contributed by atoms with Gasteiger partial charge in [0.15, 0.2) is 5.65 Å². The molecule has 0 N–H and O–H groups in total. The standard InChI is InChI=1S/C13H8Cl3N3/c14-9-3-1-8(2-4-9)7-10-12(15)18-11-5-6-17-19(11)13(10)16/h1-6H,7H2. The summed E-state index contributed by atoms with van der Waals surface area (Å²) in [6, 6.07) is 9.28. The first kappa shape index (κ1) is 12.7. The number of hydrogen-bond acceptors (Lipinski definition) is 2. The second-order valence-electron chi connectivity index (χ2n) is 4.08. The van der Waals surface area contributed by atoms with Gasteiger partial charge >= 0.3 is 0 Å². The van der Waals surface area contributed by atoms with Crippen LogP contribution < -0.4 is 0 Å². The molecule has 2 aromatic heterocycles. The van der Waals surface area contributed by atoms with Crippen LogP contribution in [0.1, 0.15) is 11.1 Å². The van der Waals surface area contributed by atoms with E-state index in [9.17, 15) is 0 Å². The molecular formula is C13H8Cl3N3. The molecule has 3 nitrogen and oxygen atoms in total. The fourth-order valence-corrected chi connectivity index (χ4v) is 2.57. The maximum atomic E-state index is 6.32. The van der Waals surface area contributed by atoms with Gasteiger partial charge in [-0.2, -0.15) is 5.10 Å². The van der Waals surface area contributed by atoms with Gasteiger partial charge in [-0.15, -0.1) is 0 Å². The summed E-state index contributed by atoms with van der Waals surface area (Å²) in [5.41, 5.74) is 2.44. The minimum Gasteiger partial charge on any atom is -0.216 e. The average Bonchev–Trinajstić information content (AvgIpc) is 2.85. The molecular weight excluding hydrogens is 305 g/mol. The Labute approximate surface area is 124 Å². The van der Waals surface area contributed by atoms with Crippen molar-refractivity contribution >= 4 is 40.4 Å². The normalized spacial score (nSPS) is 11.1. The molecule has 0 aliphatic rings. The molecule has 0 saturated carbocycles. The zero-order chi connectivity index (χ0) is 13.4. The van der Waals surface area contributed by atoms with Gasteiger partial charge in [0.1, 0.15) is 10.3 Å². The number of benzene rings is 1. The number of aromatic nitrogens is 3. The lowest BCUT2D eigenvalue weighted by molar-refractivity contribution is 0.917. The number of halogens is 3. The lowest BCUT2D eigenvalue weighted by Crippen LogP contribution is -2.01. The molecule has 19 heavy (non-hydrogen) atoms. The summed E-state index contributed by atoms with van der Waals surface area (Å²) in [5, 5.41) is 5.69. The number of hydrogen-bond donors (Lipinski definition) is 0. The van der Waals surface area contributed by atoms with E-state index in [-0.39, 0.29) is 0 Å². The van der Waals surface area contributed by atoms with E-state index < -0.39 is 0 Å². The molecule has 0 spiro atoms. The SMILES string of the molecule is Clc1ccc(Cc2c(Cl)nc3ccnn3c2Cl)cc1. The molecule has 2 heterocycles. The van der Waals surface area contributed by atoms with Crippen LogP contribution >= 0.6 is 34.8 Å². The van der Waals surface area contributed by atoms with E-state index in [4.69, 9.17) is 34.8 Å². The molecule has 0 aliphatic carbocycles. The van der Waals surface area contributed by atoms with Crippen LogP contribution in [0, 0.1) is 0 Å². The fourth-order valence-electron chi connectivity index (χ4n) is 1.87. The summed E-state index contributed by atoms with van der Waals surface area (Å²) in [6.45, 7) is 0. The molecule has 0 unspecified atom stereocenters. The Kier molecular flexibility index (Phi) is 3.35. The lowest BCUT2D eigenvalue weighted by atomic mass is 10.1. The molecule has 0 bridgehead atoms. The third-order valence-electron chi connectivity index (χ3n) is 2.81. The van der Waals surface area contributed by atoms with Gasteiger partial charge in [-0.25, -0.2) is 9.50 Å². The summed E-state index contributed by atoms with van der Waals surface area (Å²) in [5.74, 6) is 0. The van der Waals surface area contributed by atoms with Gasteiger partial charge in [0.05, 0.1) is 6.20 Å². The number of rotatable bonds is 2. The van der Waals surface area contributed by atoms with Crippen LogP contribution in [0.4, 0.5) is 0 Å². The second-order valence-corrected chi connectivity index (χ2v) is 5.23. The van der Waals surface area contributed by atoms with Crippen LogP contribution in [0.2, 0.25) is 15.3 Å². The highest BCUT2D eigenvalue weighted by molar-refractivity contribution is 6.35. The van der Waals surface area contributed by atoms with Crippen molar-refractivity contribution in [3.05, 3.63) is 63.0 Å². The van der Waals surface area contributed by atoms with Gasteiger partial charge in [-0.3, -0.25) is 0 Å². The van der Waals surface area contributed by atoms with Crippen molar-refractivity contribution in [1.82, 2.24) is 14.6 Å². The smallest absolute Gasteiger partial charge is 0.158 e. The van der Waals surface area contributed by atoms with E-state index in [1.165, 1.54) is 0 Å². The van der Waals surface area contributed by atoms with E-state index in [0.29, 0.717) is 27.4 Å². The van der Waals surface area contributed by atoms with E-state index in [0.717, 1.165) is 11.1 Å². The molecule has 3 aromatic rings. The summed E-state index contributed by atoms with van der Waals surface area (Å²) >= 11 is 18.4. The monoisotopic (exact) mass is 311 g/mol. The summed E-state index contributed by atoms with van der Waals surface area (Å²) in [6.07, 6.45) is 2.22. The molecule has 0 fully saturated rings. The van der Waals surface area contributed by atoms with Crippen molar-refractivity contribution < 1.29 is 0 Å². The molecule has 1 aromatic carbocycles. The third-order valence-corrected chi connectivity index (χ3v) is 3.77. The van der Waals surface area contributed by atoms with Gasteiger partial charge in [0.2, 0.25) is 0 Å². The minimum atomic E-state index is 0.396.